The number of H-pyrrole nitrogens is 1. The van der Waals surface area contributed by atoms with Crippen molar-refractivity contribution in [3.63, 3.8) is 0 Å². The van der Waals surface area contributed by atoms with Gasteiger partial charge in [0.2, 0.25) is 0 Å². The first-order valence-electron chi connectivity index (χ1n) is 8.55. The van der Waals surface area contributed by atoms with Crippen LogP contribution in [0.3, 0.4) is 0 Å². The number of hydrogen-bond donors (Lipinski definition) is 1. The van der Waals surface area contributed by atoms with Crippen molar-refractivity contribution in [1.82, 2.24) is 24.6 Å². The summed E-state index contributed by atoms with van der Waals surface area (Å²) in [5, 5.41) is 9.11. The highest BCUT2D eigenvalue weighted by atomic mass is 16.5. The van der Waals surface area contributed by atoms with Crippen LogP contribution in [-0.2, 0) is 11.3 Å². The summed E-state index contributed by atoms with van der Waals surface area (Å²) in [5.74, 6) is 0.807. The van der Waals surface area contributed by atoms with E-state index >= 15 is 0 Å². The third kappa shape index (κ3) is 2.70. The molecule has 1 amide bonds. The quantitative estimate of drug-likeness (QED) is 0.794. The molecule has 0 bridgehead atoms. The summed E-state index contributed by atoms with van der Waals surface area (Å²) in [6, 6.07) is 7.90. The van der Waals surface area contributed by atoms with Gasteiger partial charge in [0.25, 0.3) is 5.91 Å². The van der Waals surface area contributed by atoms with Crippen molar-refractivity contribution in [3.05, 3.63) is 47.7 Å². The first-order valence-corrected chi connectivity index (χ1v) is 8.55. The minimum Gasteiger partial charge on any atom is -0.366 e. The Morgan fingerprint density at radius 3 is 3.08 bits per heavy atom. The zero-order valence-electron chi connectivity index (χ0n) is 14.4. The van der Waals surface area contributed by atoms with Gasteiger partial charge in [-0.25, -0.2) is 0 Å². The molecular formula is C18H21N5O2. The molecule has 130 valence electrons. The second-order valence-corrected chi connectivity index (χ2v) is 6.26. The van der Waals surface area contributed by atoms with Gasteiger partial charge in [0, 0.05) is 29.7 Å². The molecule has 0 saturated carbocycles. The minimum absolute atomic E-state index is 0.0332. The Morgan fingerprint density at radius 2 is 2.24 bits per heavy atom. The van der Waals surface area contributed by atoms with Crippen LogP contribution in [0.4, 0.5) is 0 Å². The monoisotopic (exact) mass is 339 g/mol. The Morgan fingerprint density at radius 1 is 1.40 bits per heavy atom. The molecule has 1 aliphatic heterocycles. The number of para-hydroxylation sites is 1. The number of ether oxygens (including phenoxy) is 1. The molecule has 1 aromatic carbocycles. The predicted octanol–water partition coefficient (Wildman–Crippen LogP) is 2.30. The number of aryl methyl sites for hydroxylation is 2. The highest BCUT2D eigenvalue weighted by Crippen LogP contribution is 2.26. The number of carbonyl (C=O) groups excluding carboxylic acids is 1. The maximum atomic E-state index is 13.2. The van der Waals surface area contributed by atoms with Gasteiger partial charge >= 0.3 is 0 Å². The second kappa shape index (κ2) is 6.33. The molecule has 3 aromatic rings. The molecule has 2 aromatic heterocycles. The maximum Gasteiger partial charge on any atom is 0.256 e. The molecule has 1 atom stereocenters. The van der Waals surface area contributed by atoms with Crippen LogP contribution in [0.5, 0.6) is 0 Å². The van der Waals surface area contributed by atoms with Crippen LogP contribution >= 0.6 is 0 Å². The van der Waals surface area contributed by atoms with Crippen LogP contribution in [0.25, 0.3) is 10.9 Å². The largest absolute Gasteiger partial charge is 0.366 e. The molecule has 7 nitrogen and oxygen atoms in total. The van der Waals surface area contributed by atoms with Crippen LogP contribution in [0.15, 0.2) is 30.6 Å². The predicted molar refractivity (Wildman–Crippen MR) is 93.3 cm³/mol. The molecule has 0 spiro atoms. The number of carbonyl (C=O) groups is 1. The number of fused-ring (bicyclic) bond motifs is 1. The van der Waals surface area contributed by atoms with E-state index in [1.54, 1.807) is 6.33 Å². The standard InChI is InChI=1S/C18H21N5O2/c1-3-22-11-19-21-17(22)15-10-23(8-9-25-15)18(24)16-12(2)20-14-7-5-4-6-13(14)16/h4-7,11,15,20H,3,8-10H2,1-2H3/t15-/m0/s1. The van der Waals surface area contributed by atoms with Gasteiger partial charge in [0.05, 0.1) is 18.7 Å². The Hall–Kier alpha value is -2.67. The Kier molecular flexibility index (Phi) is 4.01. The fourth-order valence-electron chi connectivity index (χ4n) is 3.46. The van der Waals surface area contributed by atoms with Crippen LogP contribution in [-0.4, -0.2) is 50.3 Å². The van der Waals surface area contributed by atoms with E-state index in [0.717, 1.165) is 34.5 Å². The molecule has 4 rings (SSSR count). The third-order valence-electron chi connectivity index (χ3n) is 4.74. The fourth-order valence-corrected chi connectivity index (χ4v) is 3.46. The van der Waals surface area contributed by atoms with Crippen molar-refractivity contribution in [1.29, 1.82) is 0 Å². The van der Waals surface area contributed by atoms with Crippen molar-refractivity contribution in [3.8, 4) is 0 Å². The van der Waals surface area contributed by atoms with Crippen molar-refractivity contribution in [2.45, 2.75) is 26.5 Å². The van der Waals surface area contributed by atoms with E-state index in [-0.39, 0.29) is 12.0 Å². The summed E-state index contributed by atoms with van der Waals surface area (Å²) >= 11 is 0. The molecular weight excluding hydrogens is 318 g/mol. The van der Waals surface area contributed by atoms with Gasteiger partial charge in [-0.1, -0.05) is 18.2 Å². The molecule has 0 aliphatic carbocycles. The topological polar surface area (TPSA) is 76.0 Å². The van der Waals surface area contributed by atoms with Gasteiger partial charge in [0.1, 0.15) is 12.4 Å². The number of rotatable bonds is 3. The van der Waals surface area contributed by atoms with E-state index in [0.29, 0.717) is 19.7 Å². The molecule has 7 heteroatoms. The second-order valence-electron chi connectivity index (χ2n) is 6.26. The molecule has 1 N–H and O–H groups in total. The zero-order valence-corrected chi connectivity index (χ0v) is 14.4. The summed E-state index contributed by atoms with van der Waals surface area (Å²) in [7, 11) is 0. The number of amides is 1. The molecule has 0 unspecified atom stereocenters. The molecule has 3 heterocycles. The summed E-state index contributed by atoms with van der Waals surface area (Å²) in [6.45, 7) is 6.31. The molecule has 1 saturated heterocycles. The summed E-state index contributed by atoms with van der Waals surface area (Å²) in [4.78, 5) is 18.3. The third-order valence-corrected chi connectivity index (χ3v) is 4.74. The maximum absolute atomic E-state index is 13.2. The zero-order chi connectivity index (χ0) is 17.4. The highest BCUT2D eigenvalue weighted by molar-refractivity contribution is 6.08. The van der Waals surface area contributed by atoms with Crippen molar-refractivity contribution < 1.29 is 9.53 Å². The first kappa shape index (κ1) is 15.8. The Labute approximate surface area is 145 Å². The number of morpholine rings is 1. The number of aromatic amines is 1. The molecule has 0 radical (unpaired) electrons. The lowest BCUT2D eigenvalue weighted by Gasteiger charge is -2.32. The number of aromatic nitrogens is 4. The number of hydrogen-bond acceptors (Lipinski definition) is 4. The Bertz CT molecular complexity index is 913. The summed E-state index contributed by atoms with van der Waals surface area (Å²) in [6.07, 6.45) is 1.45. The first-order chi connectivity index (χ1) is 12.2. The Balaban J connectivity index is 1.63. The van der Waals surface area contributed by atoms with E-state index < -0.39 is 0 Å². The molecule has 25 heavy (non-hydrogen) atoms. The number of nitrogens with zero attached hydrogens (tertiary/aromatic N) is 4. The lowest BCUT2D eigenvalue weighted by atomic mass is 10.1. The average molecular weight is 339 g/mol. The highest BCUT2D eigenvalue weighted by Gasteiger charge is 2.30. The van der Waals surface area contributed by atoms with Gasteiger partial charge in [0.15, 0.2) is 5.82 Å². The van der Waals surface area contributed by atoms with E-state index in [9.17, 15) is 4.79 Å². The average Bonchev–Trinajstić information content (AvgIpc) is 3.24. The number of nitrogens with one attached hydrogen (secondary N) is 1. The normalized spacial score (nSPS) is 18.0. The van der Waals surface area contributed by atoms with Crippen molar-refractivity contribution >= 4 is 16.8 Å². The lowest BCUT2D eigenvalue weighted by molar-refractivity contribution is -0.0283. The van der Waals surface area contributed by atoms with Gasteiger partial charge in [-0.2, -0.15) is 0 Å². The SMILES string of the molecule is CCn1cnnc1[C@@H]1CN(C(=O)c2c(C)[nH]c3ccccc23)CCO1. The van der Waals surface area contributed by atoms with E-state index in [4.69, 9.17) is 4.74 Å². The van der Waals surface area contributed by atoms with Gasteiger partial charge in [-0.05, 0) is 19.9 Å². The van der Waals surface area contributed by atoms with Gasteiger partial charge in [-0.3, -0.25) is 4.79 Å². The van der Waals surface area contributed by atoms with Crippen molar-refractivity contribution in [2.75, 3.05) is 19.7 Å². The minimum atomic E-state index is -0.245. The van der Waals surface area contributed by atoms with Crippen molar-refractivity contribution in [2.24, 2.45) is 0 Å². The smallest absolute Gasteiger partial charge is 0.256 e. The van der Waals surface area contributed by atoms with E-state index in [1.165, 1.54) is 0 Å². The lowest BCUT2D eigenvalue weighted by Crippen LogP contribution is -2.43. The van der Waals surface area contributed by atoms with Gasteiger partial charge in [-0.15, -0.1) is 10.2 Å². The van der Waals surface area contributed by atoms with E-state index in [1.807, 2.05) is 47.6 Å². The van der Waals surface area contributed by atoms with Crippen LogP contribution < -0.4 is 0 Å². The molecule has 1 fully saturated rings. The summed E-state index contributed by atoms with van der Waals surface area (Å²) in [5.41, 5.74) is 2.62. The van der Waals surface area contributed by atoms with Gasteiger partial charge < -0.3 is 19.2 Å². The molecule has 1 aliphatic rings. The van der Waals surface area contributed by atoms with Crippen LogP contribution in [0, 0.1) is 6.92 Å². The fraction of sp³-hybridized carbons (Fsp3) is 0.389. The number of benzene rings is 1. The summed E-state index contributed by atoms with van der Waals surface area (Å²) < 4.78 is 7.81. The van der Waals surface area contributed by atoms with E-state index in [2.05, 4.69) is 15.2 Å². The van der Waals surface area contributed by atoms with Crippen LogP contribution in [0.2, 0.25) is 0 Å². The van der Waals surface area contributed by atoms with Crippen LogP contribution in [0.1, 0.15) is 34.9 Å².